The molecule has 9 nitrogen and oxygen atoms in total. The van der Waals surface area contributed by atoms with Crippen LogP contribution in [0.5, 0.6) is 5.75 Å². The molecule has 1 atom stereocenters. The van der Waals surface area contributed by atoms with Crippen LogP contribution in [0.15, 0.2) is 61.1 Å². The monoisotopic (exact) mass is 459 g/mol. The van der Waals surface area contributed by atoms with Crippen molar-refractivity contribution >= 4 is 34.4 Å². The molecule has 34 heavy (non-hydrogen) atoms. The molecule has 0 radical (unpaired) electrons. The van der Waals surface area contributed by atoms with Gasteiger partial charge in [0.1, 0.15) is 11.6 Å². The number of rotatable bonds is 10. The van der Waals surface area contributed by atoms with Gasteiger partial charge in [0.15, 0.2) is 11.3 Å². The molecule has 0 bridgehead atoms. The zero-order valence-electron chi connectivity index (χ0n) is 19.6. The molecule has 3 aromatic heterocycles. The first-order valence-corrected chi connectivity index (χ1v) is 11.4. The number of carbonyl (C=O) groups is 1. The number of amides is 1. The Morgan fingerprint density at radius 3 is 2.65 bits per heavy atom. The molecule has 4 rings (SSSR count). The van der Waals surface area contributed by atoms with Gasteiger partial charge in [0, 0.05) is 30.2 Å². The standard InChI is InChI=1S/C25H29N7O2/c1-4-8-17(5-2)28-23-15-20(30-19-9-6-7-10-22(19)34-3)24-27-16-21(32(24)31-23)25(33)29-18-11-13-26-14-12-18/h6-7,9-17,30H,4-5,8H2,1-3H3,(H,28,31)(H,26,29,33)/t17-/m1/s1. The number of methoxy groups -OCH3 is 1. The highest BCUT2D eigenvalue weighted by Gasteiger charge is 2.19. The van der Waals surface area contributed by atoms with Crippen LogP contribution in [0, 0.1) is 0 Å². The van der Waals surface area contributed by atoms with Gasteiger partial charge in [0.05, 0.1) is 24.7 Å². The number of nitrogens with zero attached hydrogens (tertiary/aromatic N) is 4. The van der Waals surface area contributed by atoms with Crippen LogP contribution in [0.2, 0.25) is 0 Å². The predicted molar refractivity (Wildman–Crippen MR) is 134 cm³/mol. The SMILES string of the molecule is CCC[C@@H](CC)Nc1cc(Nc2ccccc2OC)c2ncc(C(=O)Nc3ccncc3)n2n1. The van der Waals surface area contributed by atoms with E-state index in [1.807, 2.05) is 30.3 Å². The van der Waals surface area contributed by atoms with Gasteiger partial charge in [-0.3, -0.25) is 9.78 Å². The Hall–Kier alpha value is -4.14. The Bertz CT molecular complexity index is 1260. The molecule has 0 aliphatic rings. The molecule has 0 spiro atoms. The van der Waals surface area contributed by atoms with E-state index in [2.05, 4.69) is 39.8 Å². The largest absolute Gasteiger partial charge is 0.495 e. The Morgan fingerprint density at radius 1 is 1.12 bits per heavy atom. The van der Waals surface area contributed by atoms with E-state index in [9.17, 15) is 4.79 Å². The molecule has 3 heterocycles. The summed E-state index contributed by atoms with van der Waals surface area (Å²) in [7, 11) is 1.63. The molecular formula is C25H29N7O2. The number of imidazole rings is 1. The number of carbonyl (C=O) groups excluding carboxylic acids is 1. The van der Waals surface area contributed by atoms with Crippen molar-refractivity contribution in [2.24, 2.45) is 0 Å². The number of fused-ring (bicyclic) bond motifs is 1. The molecule has 176 valence electrons. The summed E-state index contributed by atoms with van der Waals surface area (Å²) >= 11 is 0. The molecular weight excluding hydrogens is 430 g/mol. The molecule has 0 saturated heterocycles. The van der Waals surface area contributed by atoms with E-state index in [-0.39, 0.29) is 11.9 Å². The van der Waals surface area contributed by atoms with Crippen LogP contribution in [0.3, 0.4) is 0 Å². The van der Waals surface area contributed by atoms with Gasteiger partial charge in [-0.25, -0.2) is 9.50 Å². The van der Waals surface area contributed by atoms with Gasteiger partial charge in [-0.15, -0.1) is 5.10 Å². The van der Waals surface area contributed by atoms with E-state index in [0.29, 0.717) is 34.3 Å². The second kappa shape index (κ2) is 10.7. The Morgan fingerprint density at radius 2 is 1.91 bits per heavy atom. The molecule has 1 aromatic carbocycles. The minimum absolute atomic E-state index is 0.270. The van der Waals surface area contributed by atoms with Crippen molar-refractivity contribution in [3.63, 3.8) is 0 Å². The topological polar surface area (TPSA) is 105 Å². The van der Waals surface area contributed by atoms with Crippen LogP contribution in [0.4, 0.5) is 22.9 Å². The summed E-state index contributed by atoms with van der Waals surface area (Å²) in [6.07, 6.45) is 7.81. The van der Waals surface area contributed by atoms with Gasteiger partial charge in [0.2, 0.25) is 0 Å². The van der Waals surface area contributed by atoms with Gasteiger partial charge in [-0.2, -0.15) is 0 Å². The maximum absolute atomic E-state index is 13.1. The van der Waals surface area contributed by atoms with Crippen LogP contribution in [-0.4, -0.2) is 38.6 Å². The van der Waals surface area contributed by atoms with Gasteiger partial charge in [0.25, 0.3) is 5.91 Å². The van der Waals surface area contributed by atoms with Crippen LogP contribution >= 0.6 is 0 Å². The average molecular weight is 460 g/mol. The zero-order valence-corrected chi connectivity index (χ0v) is 19.6. The zero-order chi connectivity index (χ0) is 23.9. The van der Waals surface area contributed by atoms with E-state index in [1.165, 1.54) is 6.20 Å². The number of pyridine rings is 1. The van der Waals surface area contributed by atoms with Gasteiger partial charge in [-0.05, 0) is 37.1 Å². The van der Waals surface area contributed by atoms with Crippen molar-refractivity contribution in [3.05, 3.63) is 66.7 Å². The maximum Gasteiger partial charge on any atom is 0.276 e. The van der Waals surface area contributed by atoms with Crippen molar-refractivity contribution in [1.29, 1.82) is 0 Å². The van der Waals surface area contributed by atoms with Crippen molar-refractivity contribution in [2.45, 2.75) is 39.2 Å². The lowest BCUT2D eigenvalue weighted by molar-refractivity contribution is 0.102. The average Bonchev–Trinajstić information content (AvgIpc) is 3.29. The summed E-state index contributed by atoms with van der Waals surface area (Å²) in [5.74, 6) is 1.04. The number of aromatic nitrogens is 4. The third kappa shape index (κ3) is 5.09. The highest BCUT2D eigenvalue weighted by molar-refractivity contribution is 6.03. The van der Waals surface area contributed by atoms with E-state index in [0.717, 1.165) is 24.9 Å². The number of hydrogen-bond donors (Lipinski definition) is 3. The van der Waals surface area contributed by atoms with Crippen molar-refractivity contribution in [1.82, 2.24) is 19.6 Å². The quantitative estimate of drug-likeness (QED) is 0.302. The number of para-hydroxylation sites is 2. The third-order valence-electron chi connectivity index (χ3n) is 5.50. The first-order valence-electron chi connectivity index (χ1n) is 11.4. The number of anilines is 4. The van der Waals surface area contributed by atoms with Crippen molar-refractivity contribution in [2.75, 3.05) is 23.1 Å². The molecule has 1 amide bonds. The van der Waals surface area contributed by atoms with E-state index in [4.69, 9.17) is 9.84 Å². The second-order valence-electron chi connectivity index (χ2n) is 7.88. The smallest absolute Gasteiger partial charge is 0.276 e. The molecule has 0 saturated carbocycles. The Kier molecular flexibility index (Phi) is 7.22. The number of hydrogen-bond acceptors (Lipinski definition) is 7. The lowest BCUT2D eigenvalue weighted by Crippen LogP contribution is -2.21. The number of nitrogens with one attached hydrogen (secondary N) is 3. The lowest BCUT2D eigenvalue weighted by Gasteiger charge is -2.18. The van der Waals surface area contributed by atoms with Crippen molar-refractivity contribution < 1.29 is 9.53 Å². The van der Waals surface area contributed by atoms with E-state index < -0.39 is 0 Å². The number of ether oxygens (including phenoxy) is 1. The highest BCUT2D eigenvalue weighted by Crippen LogP contribution is 2.30. The predicted octanol–water partition coefficient (Wildman–Crippen LogP) is 5.12. The van der Waals surface area contributed by atoms with E-state index in [1.54, 1.807) is 36.2 Å². The first-order chi connectivity index (χ1) is 16.6. The van der Waals surface area contributed by atoms with Gasteiger partial charge < -0.3 is 20.7 Å². The van der Waals surface area contributed by atoms with Crippen LogP contribution in [-0.2, 0) is 0 Å². The molecule has 0 aliphatic heterocycles. The van der Waals surface area contributed by atoms with Crippen LogP contribution < -0.4 is 20.7 Å². The minimum Gasteiger partial charge on any atom is -0.495 e. The summed E-state index contributed by atoms with van der Waals surface area (Å²) in [5, 5.41) is 14.5. The summed E-state index contributed by atoms with van der Waals surface area (Å²) in [5.41, 5.74) is 2.99. The fourth-order valence-electron chi connectivity index (χ4n) is 3.75. The number of benzene rings is 1. The fraction of sp³-hybridized carbons (Fsp3) is 0.280. The second-order valence-corrected chi connectivity index (χ2v) is 7.88. The van der Waals surface area contributed by atoms with Crippen molar-refractivity contribution in [3.8, 4) is 5.75 Å². The van der Waals surface area contributed by atoms with Crippen LogP contribution in [0.1, 0.15) is 43.6 Å². The summed E-state index contributed by atoms with van der Waals surface area (Å²) < 4.78 is 7.06. The van der Waals surface area contributed by atoms with E-state index >= 15 is 0 Å². The summed E-state index contributed by atoms with van der Waals surface area (Å²) in [6, 6.07) is 13.3. The van der Waals surface area contributed by atoms with Gasteiger partial charge >= 0.3 is 0 Å². The molecule has 0 unspecified atom stereocenters. The molecule has 0 aliphatic carbocycles. The lowest BCUT2D eigenvalue weighted by atomic mass is 10.1. The normalized spacial score (nSPS) is 11.7. The molecule has 9 heteroatoms. The molecule has 0 fully saturated rings. The van der Waals surface area contributed by atoms with Gasteiger partial charge in [-0.1, -0.05) is 32.4 Å². The molecule has 4 aromatic rings. The fourth-order valence-corrected chi connectivity index (χ4v) is 3.75. The summed E-state index contributed by atoms with van der Waals surface area (Å²) in [6.45, 7) is 4.30. The molecule has 3 N–H and O–H groups in total. The third-order valence-corrected chi connectivity index (χ3v) is 5.50. The minimum atomic E-state index is -0.313. The Labute approximate surface area is 198 Å². The van der Waals surface area contributed by atoms with Crippen LogP contribution in [0.25, 0.3) is 5.65 Å². The highest BCUT2D eigenvalue weighted by atomic mass is 16.5. The maximum atomic E-state index is 13.1. The summed E-state index contributed by atoms with van der Waals surface area (Å²) in [4.78, 5) is 21.5. The Balaban J connectivity index is 1.75. The first kappa shape index (κ1) is 23.0.